The molecule has 0 aliphatic carbocycles. The second kappa shape index (κ2) is 12.8. The van der Waals surface area contributed by atoms with Crippen LogP contribution in [0, 0.1) is 0 Å². The average molecular weight is 615 g/mol. The zero-order valence-electron chi connectivity index (χ0n) is 24.6. The molecule has 5 rings (SSSR count). The summed E-state index contributed by atoms with van der Waals surface area (Å²) < 4.78 is 12.0. The van der Waals surface area contributed by atoms with Crippen molar-refractivity contribution in [2.24, 2.45) is 0 Å². The van der Waals surface area contributed by atoms with Crippen molar-refractivity contribution < 1.29 is 38.6 Å². The van der Waals surface area contributed by atoms with Gasteiger partial charge in [-0.05, 0) is 25.1 Å². The van der Waals surface area contributed by atoms with E-state index < -0.39 is 30.0 Å². The van der Waals surface area contributed by atoms with Crippen LogP contribution in [0.3, 0.4) is 0 Å². The molecule has 1 aliphatic heterocycles. The molecule has 14 nitrogen and oxygen atoms in total. The lowest BCUT2D eigenvalue weighted by Gasteiger charge is -2.39. The third-order valence-corrected chi connectivity index (χ3v) is 7.41. The van der Waals surface area contributed by atoms with Gasteiger partial charge in [-0.15, -0.1) is 0 Å². The number of hydrogen-bond acceptors (Lipinski definition) is 9. The summed E-state index contributed by atoms with van der Waals surface area (Å²) >= 11 is 0. The highest BCUT2D eigenvalue weighted by molar-refractivity contribution is 6.45. The van der Waals surface area contributed by atoms with Crippen LogP contribution in [0.2, 0.25) is 0 Å². The smallest absolute Gasteiger partial charge is 0.331 e. The summed E-state index contributed by atoms with van der Waals surface area (Å²) in [6.07, 6.45) is 3.92. The number of fused-ring (bicyclic) bond motifs is 1. The maximum atomic E-state index is 13.6. The molecule has 1 aromatic carbocycles. The summed E-state index contributed by atoms with van der Waals surface area (Å²) in [5.41, 5.74) is 1.09. The Balaban J connectivity index is 1.32. The number of aromatic nitrogens is 4. The van der Waals surface area contributed by atoms with Gasteiger partial charge in [0.15, 0.2) is 5.82 Å². The number of hydrogen-bond donors (Lipinski definition) is 2. The van der Waals surface area contributed by atoms with Crippen LogP contribution in [-0.2, 0) is 25.7 Å². The molecule has 2 N–H and O–H groups in total. The number of aromatic amines is 1. The van der Waals surface area contributed by atoms with Crippen molar-refractivity contribution in [2.75, 3.05) is 26.7 Å². The standard InChI is InChI=1S/C31H30N6O8/c1-18(31(42)43)13-24(38)45-17-21-9-10-37(34-21)28-26-25(23(44-3)15-33-28)22(14-32-26)27(39)30(41)35-11-12-36(19(2)16-35)29(40)20-7-5-4-6-8-20/h4-10,14-15,19,32H,1,11-13,16-17H2,2-3H3,(H,42,43). The number of carbonyl (C=O) groups excluding carboxylic acids is 4. The number of carbonyl (C=O) groups is 5. The minimum absolute atomic E-state index is 0.0888. The molecule has 4 aromatic rings. The molecule has 14 heteroatoms. The van der Waals surface area contributed by atoms with Crippen molar-refractivity contribution in [3.05, 3.63) is 84.0 Å². The van der Waals surface area contributed by atoms with Crippen molar-refractivity contribution >= 4 is 40.4 Å². The van der Waals surface area contributed by atoms with E-state index in [1.807, 2.05) is 13.0 Å². The number of nitrogens with zero attached hydrogens (tertiary/aromatic N) is 5. The van der Waals surface area contributed by atoms with Gasteiger partial charge in [-0.25, -0.2) is 14.5 Å². The van der Waals surface area contributed by atoms with E-state index in [9.17, 15) is 24.0 Å². The number of Topliss-reactive ketones (excluding diaryl/α,β-unsaturated/α-hetero) is 1. The van der Waals surface area contributed by atoms with Gasteiger partial charge in [0.1, 0.15) is 18.1 Å². The van der Waals surface area contributed by atoms with Crippen LogP contribution < -0.4 is 4.74 Å². The van der Waals surface area contributed by atoms with Crippen LogP contribution in [0.25, 0.3) is 16.7 Å². The summed E-state index contributed by atoms with van der Waals surface area (Å²) in [5, 5.41) is 13.6. The van der Waals surface area contributed by atoms with E-state index in [2.05, 4.69) is 21.6 Å². The number of piperazine rings is 1. The first kappa shape index (κ1) is 30.7. The summed E-state index contributed by atoms with van der Waals surface area (Å²) in [6, 6.07) is 10.2. The maximum Gasteiger partial charge on any atom is 0.331 e. The number of amides is 2. The van der Waals surface area contributed by atoms with Crippen molar-refractivity contribution in [3.8, 4) is 11.6 Å². The summed E-state index contributed by atoms with van der Waals surface area (Å²) in [5.74, 6) is -3.09. The third kappa shape index (κ3) is 6.30. The Bertz CT molecular complexity index is 1810. The molecule has 45 heavy (non-hydrogen) atoms. The van der Waals surface area contributed by atoms with E-state index in [1.165, 1.54) is 29.1 Å². The Hall–Kier alpha value is -5.79. The van der Waals surface area contributed by atoms with Crippen LogP contribution in [0.4, 0.5) is 0 Å². The second-order valence-corrected chi connectivity index (χ2v) is 10.4. The summed E-state index contributed by atoms with van der Waals surface area (Å²) in [6.45, 7) is 5.60. The number of aliphatic carboxylic acids is 1. The molecule has 2 amide bonds. The van der Waals surface area contributed by atoms with Gasteiger partial charge < -0.3 is 29.4 Å². The van der Waals surface area contributed by atoms with Gasteiger partial charge in [0.25, 0.3) is 17.6 Å². The van der Waals surface area contributed by atoms with E-state index >= 15 is 0 Å². The van der Waals surface area contributed by atoms with Gasteiger partial charge in [0.05, 0.1) is 36.2 Å². The third-order valence-electron chi connectivity index (χ3n) is 7.41. The lowest BCUT2D eigenvalue weighted by molar-refractivity contribution is -0.146. The Morgan fingerprint density at radius 3 is 2.56 bits per heavy atom. The highest BCUT2D eigenvalue weighted by atomic mass is 16.5. The number of rotatable bonds is 10. The van der Waals surface area contributed by atoms with Crippen LogP contribution in [0.5, 0.6) is 5.75 Å². The largest absolute Gasteiger partial charge is 0.494 e. The number of ketones is 1. The topological polar surface area (TPSA) is 177 Å². The van der Waals surface area contributed by atoms with Crippen molar-refractivity contribution in [3.63, 3.8) is 0 Å². The molecule has 1 saturated heterocycles. The minimum atomic E-state index is -1.29. The molecule has 3 aromatic heterocycles. The molecule has 0 radical (unpaired) electrons. The molecule has 0 bridgehead atoms. The molecule has 0 saturated carbocycles. The van der Waals surface area contributed by atoms with Gasteiger partial charge >= 0.3 is 11.9 Å². The fraction of sp³-hybridized carbons (Fsp3) is 0.258. The normalized spacial score (nSPS) is 14.7. The average Bonchev–Trinajstić information content (AvgIpc) is 3.71. The minimum Gasteiger partial charge on any atom is -0.494 e. The molecule has 1 atom stereocenters. The first-order valence-electron chi connectivity index (χ1n) is 13.9. The summed E-state index contributed by atoms with van der Waals surface area (Å²) in [7, 11) is 1.42. The lowest BCUT2D eigenvalue weighted by atomic mass is 10.1. The highest BCUT2D eigenvalue weighted by Crippen LogP contribution is 2.32. The molecular formula is C31H30N6O8. The number of benzene rings is 1. The van der Waals surface area contributed by atoms with E-state index in [0.717, 1.165) is 0 Å². The Labute approximate surface area is 256 Å². The zero-order valence-corrected chi connectivity index (χ0v) is 24.6. The number of ether oxygens (including phenoxy) is 2. The van der Waals surface area contributed by atoms with Crippen LogP contribution >= 0.6 is 0 Å². The second-order valence-electron chi connectivity index (χ2n) is 10.4. The first-order chi connectivity index (χ1) is 21.6. The molecule has 1 aliphatic rings. The van der Waals surface area contributed by atoms with Crippen LogP contribution in [0.1, 0.15) is 39.8 Å². The SMILES string of the molecule is C=C(CC(=O)OCc1ccn(-c2ncc(OC)c3c(C(=O)C(=O)N4CCN(C(=O)c5ccccc5)C(C)C4)c[nH]c23)n1)C(=O)O. The number of methoxy groups -OCH3 is 1. The molecular weight excluding hydrogens is 584 g/mol. The quantitative estimate of drug-likeness (QED) is 0.117. The number of pyridine rings is 1. The monoisotopic (exact) mass is 614 g/mol. The number of H-pyrrole nitrogens is 1. The number of esters is 1. The van der Waals surface area contributed by atoms with Gasteiger partial charge in [-0.2, -0.15) is 5.10 Å². The van der Waals surface area contributed by atoms with E-state index in [4.69, 9.17) is 14.6 Å². The molecule has 232 valence electrons. The molecule has 1 unspecified atom stereocenters. The van der Waals surface area contributed by atoms with Crippen molar-refractivity contribution in [2.45, 2.75) is 26.0 Å². The van der Waals surface area contributed by atoms with Crippen molar-refractivity contribution in [1.29, 1.82) is 0 Å². The van der Waals surface area contributed by atoms with Gasteiger partial charge in [-0.3, -0.25) is 19.2 Å². The summed E-state index contributed by atoms with van der Waals surface area (Å²) in [4.78, 5) is 73.3. The Morgan fingerprint density at radius 1 is 1.11 bits per heavy atom. The number of carboxylic acid groups (broad SMARTS) is 1. The van der Waals surface area contributed by atoms with Gasteiger partial charge in [-0.1, -0.05) is 24.8 Å². The van der Waals surface area contributed by atoms with Gasteiger partial charge in [0.2, 0.25) is 0 Å². The van der Waals surface area contributed by atoms with E-state index in [0.29, 0.717) is 22.2 Å². The number of carboxylic acids is 1. The first-order valence-corrected chi connectivity index (χ1v) is 13.9. The van der Waals surface area contributed by atoms with Gasteiger partial charge in [0, 0.05) is 49.2 Å². The van der Waals surface area contributed by atoms with Crippen LogP contribution in [-0.4, -0.2) is 97.0 Å². The lowest BCUT2D eigenvalue weighted by Crippen LogP contribution is -2.56. The molecule has 4 heterocycles. The zero-order chi connectivity index (χ0) is 32.2. The predicted octanol–water partition coefficient (Wildman–Crippen LogP) is 2.39. The van der Waals surface area contributed by atoms with E-state index in [1.54, 1.807) is 41.4 Å². The highest BCUT2D eigenvalue weighted by Gasteiger charge is 2.34. The Kier molecular flexibility index (Phi) is 8.74. The molecule has 1 fully saturated rings. The Morgan fingerprint density at radius 2 is 1.87 bits per heavy atom. The number of nitrogens with one attached hydrogen (secondary N) is 1. The fourth-order valence-electron chi connectivity index (χ4n) is 5.07. The molecule has 0 spiro atoms. The van der Waals surface area contributed by atoms with E-state index in [-0.39, 0.29) is 60.9 Å². The predicted molar refractivity (Wildman–Crippen MR) is 159 cm³/mol. The van der Waals surface area contributed by atoms with Crippen molar-refractivity contribution in [1.82, 2.24) is 29.5 Å². The van der Waals surface area contributed by atoms with Crippen LogP contribution in [0.15, 0.2) is 67.1 Å². The maximum absolute atomic E-state index is 13.6. The fourth-order valence-corrected chi connectivity index (χ4v) is 5.07.